The number of carbonyl (C=O) groups excluding carboxylic acids is 1. The van der Waals surface area contributed by atoms with Crippen LogP contribution in [0.15, 0.2) is 30.3 Å². The molecule has 2 rings (SSSR count). The van der Waals surface area contributed by atoms with E-state index in [0.717, 1.165) is 5.56 Å². The van der Waals surface area contributed by atoms with Crippen LogP contribution in [-0.2, 0) is 16.1 Å². The summed E-state index contributed by atoms with van der Waals surface area (Å²) >= 11 is 0. The van der Waals surface area contributed by atoms with Crippen LogP contribution in [-0.4, -0.2) is 40.1 Å². The van der Waals surface area contributed by atoms with Crippen LogP contribution in [0.2, 0.25) is 0 Å². The molecule has 2 atom stereocenters. The molecule has 0 unspecified atom stereocenters. The molecule has 1 saturated carbocycles. The Morgan fingerprint density at radius 1 is 1.21 bits per heavy atom. The normalized spacial score (nSPS) is 20.9. The number of rotatable bonds is 6. The third-order valence-corrected chi connectivity index (χ3v) is 3.32. The van der Waals surface area contributed by atoms with Gasteiger partial charge in [-0.05, 0) is 12.0 Å². The van der Waals surface area contributed by atoms with Crippen molar-refractivity contribution in [1.82, 2.24) is 4.90 Å². The molecule has 1 aromatic rings. The minimum atomic E-state index is -0.915. The fraction of sp³-hybridized carbons (Fsp3) is 0.429. The average molecular weight is 263 g/mol. The number of carboxylic acids is 1. The smallest absolute Gasteiger partial charge is 0.307 e. The maximum atomic E-state index is 12.2. The Morgan fingerprint density at radius 2 is 1.89 bits per heavy atom. The summed E-state index contributed by atoms with van der Waals surface area (Å²) in [5.41, 5.74) is 0.969. The van der Waals surface area contributed by atoms with Crippen molar-refractivity contribution < 1.29 is 19.8 Å². The van der Waals surface area contributed by atoms with Crippen molar-refractivity contribution in [3.8, 4) is 0 Å². The van der Waals surface area contributed by atoms with Gasteiger partial charge in [-0.2, -0.15) is 0 Å². The van der Waals surface area contributed by atoms with Gasteiger partial charge in [-0.15, -0.1) is 0 Å². The number of hydrogen-bond acceptors (Lipinski definition) is 3. The van der Waals surface area contributed by atoms with Crippen LogP contribution < -0.4 is 0 Å². The number of amides is 1. The number of aliphatic hydroxyl groups excluding tert-OH is 1. The lowest BCUT2D eigenvalue weighted by Gasteiger charge is -2.22. The zero-order valence-corrected chi connectivity index (χ0v) is 10.5. The predicted molar refractivity (Wildman–Crippen MR) is 68.2 cm³/mol. The topological polar surface area (TPSA) is 77.8 Å². The summed E-state index contributed by atoms with van der Waals surface area (Å²) in [5, 5.41) is 17.9. The lowest BCUT2D eigenvalue weighted by molar-refractivity contribution is -0.142. The molecule has 102 valence electrons. The molecule has 1 aromatic carbocycles. The standard InChI is InChI=1S/C14H17NO4/c16-7-6-15(9-10-4-2-1-3-5-10)13(17)11-8-12(11)14(18)19/h1-5,11-12,16H,6-9H2,(H,18,19)/t11-,12+/m1/s1. The van der Waals surface area contributed by atoms with Crippen LogP contribution >= 0.6 is 0 Å². The number of aliphatic carboxylic acids is 1. The zero-order chi connectivity index (χ0) is 13.8. The number of carbonyl (C=O) groups is 2. The Labute approximate surface area is 111 Å². The molecule has 0 heterocycles. The zero-order valence-electron chi connectivity index (χ0n) is 10.5. The fourth-order valence-electron chi connectivity index (χ4n) is 2.17. The molecule has 0 saturated heterocycles. The predicted octanol–water partition coefficient (Wildman–Crippen LogP) is 0.728. The molecular weight excluding hydrogens is 246 g/mol. The summed E-state index contributed by atoms with van der Waals surface area (Å²) in [7, 11) is 0. The molecule has 1 fully saturated rings. The first-order valence-electron chi connectivity index (χ1n) is 6.30. The molecule has 0 aliphatic heterocycles. The second kappa shape index (κ2) is 5.84. The van der Waals surface area contributed by atoms with Crippen molar-refractivity contribution in [3.63, 3.8) is 0 Å². The molecular formula is C14H17NO4. The van der Waals surface area contributed by atoms with E-state index >= 15 is 0 Å². The molecule has 0 aromatic heterocycles. The molecule has 19 heavy (non-hydrogen) atoms. The first-order valence-corrected chi connectivity index (χ1v) is 6.30. The van der Waals surface area contributed by atoms with Crippen LogP contribution in [0.4, 0.5) is 0 Å². The van der Waals surface area contributed by atoms with E-state index in [1.165, 1.54) is 4.90 Å². The highest BCUT2D eigenvalue weighted by molar-refractivity contribution is 5.89. The maximum Gasteiger partial charge on any atom is 0.307 e. The highest BCUT2D eigenvalue weighted by atomic mass is 16.4. The lowest BCUT2D eigenvalue weighted by Crippen LogP contribution is -2.35. The van der Waals surface area contributed by atoms with Gasteiger partial charge < -0.3 is 15.1 Å². The number of nitrogens with zero attached hydrogens (tertiary/aromatic N) is 1. The van der Waals surface area contributed by atoms with Crippen molar-refractivity contribution in [1.29, 1.82) is 0 Å². The summed E-state index contributed by atoms with van der Waals surface area (Å²) in [4.78, 5) is 24.5. The number of carboxylic acid groups (broad SMARTS) is 1. The van der Waals surface area contributed by atoms with Gasteiger partial charge in [0.1, 0.15) is 0 Å². The second-order valence-electron chi connectivity index (χ2n) is 4.76. The van der Waals surface area contributed by atoms with E-state index in [-0.39, 0.29) is 19.1 Å². The van der Waals surface area contributed by atoms with E-state index in [2.05, 4.69) is 0 Å². The summed E-state index contributed by atoms with van der Waals surface area (Å²) in [6.07, 6.45) is 0.408. The Kier molecular flexibility index (Phi) is 4.16. The third-order valence-electron chi connectivity index (χ3n) is 3.32. The first kappa shape index (κ1) is 13.5. The van der Waals surface area contributed by atoms with Gasteiger partial charge in [-0.3, -0.25) is 9.59 Å². The van der Waals surface area contributed by atoms with Crippen molar-refractivity contribution in [2.45, 2.75) is 13.0 Å². The van der Waals surface area contributed by atoms with E-state index in [9.17, 15) is 9.59 Å². The summed E-state index contributed by atoms with van der Waals surface area (Å²) in [6, 6.07) is 9.46. The van der Waals surface area contributed by atoms with Gasteiger partial charge in [-0.25, -0.2) is 0 Å². The SMILES string of the molecule is O=C(O)[C@H]1C[C@H]1C(=O)N(CCO)Cc1ccccc1. The molecule has 0 bridgehead atoms. The van der Waals surface area contributed by atoms with Crippen molar-refractivity contribution in [2.75, 3.05) is 13.2 Å². The summed E-state index contributed by atoms with van der Waals surface area (Å²) in [5.74, 6) is -2.07. The minimum absolute atomic E-state index is 0.122. The van der Waals surface area contributed by atoms with Gasteiger partial charge >= 0.3 is 5.97 Å². The van der Waals surface area contributed by atoms with Crippen molar-refractivity contribution >= 4 is 11.9 Å². The quantitative estimate of drug-likeness (QED) is 0.793. The largest absolute Gasteiger partial charge is 0.481 e. The van der Waals surface area contributed by atoms with Gasteiger partial charge in [0.2, 0.25) is 5.91 Å². The molecule has 0 spiro atoms. The molecule has 1 aliphatic carbocycles. The van der Waals surface area contributed by atoms with E-state index < -0.39 is 17.8 Å². The van der Waals surface area contributed by atoms with E-state index in [1.807, 2.05) is 30.3 Å². The summed E-state index contributed by atoms with van der Waals surface area (Å²) in [6.45, 7) is 0.517. The molecule has 5 nitrogen and oxygen atoms in total. The van der Waals surface area contributed by atoms with Crippen LogP contribution in [0, 0.1) is 11.8 Å². The monoisotopic (exact) mass is 263 g/mol. The molecule has 2 N–H and O–H groups in total. The van der Waals surface area contributed by atoms with Crippen LogP contribution in [0.25, 0.3) is 0 Å². The van der Waals surface area contributed by atoms with Gasteiger partial charge in [-0.1, -0.05) is 30.3 Å². The van der Waals surface area contributed by atoms with Crippen LogP contribution in [0.5, 0.6) is 0 Å². The van der Waals surface area contributed by atoms with Crippen molar-refractivity contribution in [2.24, 2.45) is 11.8 Å². The van der Waals surface area contributed by atoms with E-state index in [0.29, 0.717) is 13.0 Å². The average Bonchev–Trinajstić information content (AvgIpc) is 3.19. The number of aliphatic hydroxyl groups is 1. The molecule has 0 radical (unpaired) electrons. The van der Waals surface area contributed by atoms with E-state index in [1.54, 1.807) is 0 Å². The first-order chi connectivity index (χ1) is 9.13. The Morgan fingerprint density at radius 3 is 2.42 bits per heavy atom. The number of benzene rings is 1. The summed E-state index contributed by atoms with van der Waals surface area (Å²) < 4.78 is 0. The van der Waals surface area contributed by atoms with Crippen LogP contribution in [0.1, 0.15) is 12.0 Å². The highest BCUT2D eigenvalue weighted by Crippen LogP contribution is 2.40. The molecule has 1 aliphatic rings. The fourth-order valence-corrected chi connectivity index (χ4v) is 2.17. The van der Waals surface area contributed by atoms with Gasteiger partial charge in [0.05, 0.1) is 18.4 Å². The van der Waals surface area contributed by atoms with E-state index in [4.69, 9.17) is 10.2 Å². The molecule has 5 heteroatoms. The Bertz CT molecular complexity index is 460. The second-order valence-corrected chi connectivity index (χ2v) is 4.76. The highest BCUT2D eigenvalue weighted by Gasteiger charge is 2.49. The van der Waals surface area contributed by atoms with Gasteiger partial charge in [0.25, 0.3) is 0 Å². The molecule has 1 amide bonds. The third kappa shape index (κ3) is 3.32. The maximum absolute atomic E-state index is 12.2. The minimum Gasteiger partial charge on any atom is -0.481 e. The van der Waals surface area contributed by atoms with Crippen molar-refractivity contribution in [3.05, 3.63) is 35.9 Å². The van der Waals surface area contributed by atoms with Gasteiger partial charge in [0.15, 0.2) is 0 Å². The Hall–Kier alpha value is -1.88. The number of hydrogen-bond donors (Lipinski definition) is 2. The Balaban J connectivity index is 2.00. The lowest BCUT2D eigenvalue weighted by atomic mass is 10.2. The van der Waals surface area contributed by atoms with Gasteiger partial charge in [0, 0.05) is 13.1 Å². The van der Waals surface area contributed by atoms with Crippen LogP contribution in [0.3, 0.4) is 0 Å².